The standard InChI is InChI=1S/C19H21O2PSi2.C18H16Si.CO2.CH2O.Cs.FH/c22-23-20-16-21-24(17-10-4-1-5-11-17,18-12-6-2-7-13-18)19-14-8-3-9-15-19;1-4-10-16(11-5-1)19(17-12-6-2-7-13-17)18-14-8-3-9-15-18;2-1-3;1-2;;/h1-15H,16,22-23H2;1-15,19H;;1H2;;1H/q;;;;+1;/p-1. The summed E-state index contributed by atoms with van der Waals surface area (Å²) in [7, 11) is -1.75. The van der Waals surface area contributed by atoms with Crippen LogP contribution in [0.1, 0.15) is 0 Å². The Balaban J connectivity index is 0.000000435. The van der Waals surface area contributed by atoms with E-state index in [1.807, 2.05) is 25.0 Å². The molecule has 0 spiro atoms. The van der Waals surface area contributed by atoms with E-state index in [9.17, 15) is 0 Å². The number of hydrogen-bond donors (Lipinski definition) is 0. The zero-order chi connectivity index (χ0) is 34.3. The van der Waals surface area contributed by atoms with Crippen LogP contribution in [0.5, 0.6) is 0 Å². The molecule has 11 heteroatoms. The number of carbonyl (C=O) groups excluding carboxylic acids is 3. The maximum absolute atomic E-state index is 8.12. The Morgan fingerprint density at radius 3 is 1.02 bits per heavy atom. The molecule has 0 N–H and O–H groups in total. The second-order valence-corrected chi connectivity index (χ2v) is 18.2. The van der Waals surface area contributed by atoms with Gasteiger partial charge in [0, 0.05) is 0 Å². The average Bonchev–Trinajstić information content (AvgIpc) is 3.17. The summed E-state index contributed by atoms with van der Waals surface area (Å²) in [4.78, 5) is 24.2. The monoisotopic (exact) mass is 854 g/mol. The van der Waals surface area contributed by atoms with E-state index in [2.05, 4.69) is 173 Å². The third kappa shape index (κ3) is 13.5. The normalized spacial score (nSPS) is 9.96. The number of halogens is 1. The molecular formula is C39H39CsFO5PSi3. The first-order chi connectivity index (χ1) is 23.7. The van der Waals surface area contributed by atoms with Gasteiger partial charge in [0.2, 0.25) is 0 Å². The molecule has 0 aromatic heterocycles. The molecule has 1 unspecified atom stereocenters. The number of rotatable bonds is 10. The fourth-order valence-electron chi connectivity index (χ4n) is 5.46. The van der Waals surface area contributed by atoms with E-state index in [1.54, 1.807) is 0 Å². The van der Waals surface area contributed by atoms with Gasteiger partial charge < -0.3 is 18.4 Å². The summed E-state index contributed by atoms with van der Waals surface area (Å²) < 4.78 is 12.2. The molecular weight excluding hydrogens is 816 g/mol. The fourth-order valence-corrected chi connectivity index (χ4v) is 12.8. The first kappa shape index (κ1) is 45.4. The van der Waals surface area contributed by atoms with E-state index < -0.39 is 26.5 Å². The van der Waals surface area contributed by atoms with Crippen LogP contribution in [0.25, 0.3) is 0 Å². The SMILES string of the molecule is C=O.O=C=O.P[SiH2]OCO[Si](c1ccccc1)(c1ccccc1)c1ccccc1.[Cs+].[F-].c1ccc([SiH](c2ccccc2)c2ccccc2)cc1. The molecule has 0 heterocycles. The van der Waals surface area contributed by atoms with Crippen molar-refractivity contribution in [3.8, 4) is 0 Å². The molecule has 0 aliphatic heterocycles. The number of benzene rings is 6. The first-order valence-electron chi connectivity index (χ1n) is 15.3. The van der Waals surface area contributed by atoms with Gasteiger partial charge in [0.1, 0.15) is 22.4 Å². The van der Waals surface area contributed by atoms with Gasteiger partial charge in [0.15, 0.2) is 9.43 Å². The molecule has 0 fully saturated rings. The maximum Gasteiger partial charge on any atom is 1.00 e. The molecule has 0 saturated carbocycles. The first-order valence-corrected chi connectivity index (χ1v) is 22.7. The second-order valence-electron chi connectivity index (χ2n) is 10.2. The van der Waals surface area contributed by atoms with Gasteiger partial charge in [-0.1, -0.05) is 198 Å². The van der Waals surface area contributed by atoms with Crippen molar-refractivity contribution in [1.82, 2.24) is 0 Å². The van der Waals surface area contributed by atoms with E-state index >= 15 is 0 Å². The molecule has 0 aliphatic rings. The summed E-state index contributed by atoms with van der Waals surface area (Å²) >= 11 is 0. The molecule has 250 valence electrons. The smallest absolute Gasteiger partial charge is 1.00 e. The van der Waals surface area contributed by atoms with Gasteiger partial charge in [-0.25, -0.2) is 0 Å². The van der Waals surface area contributed by atoms with Gasteiger partial charge in [-0.05, 0) is 15.6 Å². The van der Waals surface area contributed by atoms with E-state index in [-0.39, 0.29) is 79.7 Å². The predicted molar refractivity (Wildman–Crippen MR) is 207 cm³/mol. The summed E-state index contributed by atoms with van der Waals surface area (Å²) in [5.41, 5.74) is 0. The molecule has 0 aliphatic carbocycles. The third-order valence-electron chi connectivity index (χ3n) is 7.42. The molecule has 0 amide bonds. The van der Waals surface area contributed by atoms with Crippen LogP contribution in [-0.2, 0) is 23.2 Å². The van der Waals surface area contributed by atoms with Gasteiger partial charge in [-0.2, -0.15) is 9.59 Å². The summed E-state index contributed by atoms with van der Waals surface area (Å²) in [5.74, 6) is 0. The van der Waals surface area contributed by atoms with Crippen molar-refractivity contribution in [1.29, 1.82) is 0 Å². The molecule has 5 nitrogen and oxygen atoms in total. The van der Waals surface area contributed by atoms with Gasteiger partial charge in [-0.3, -0.25) is 0 Å². The topological polar surface area (TPSA) is 69.7 Å². The zero-order valence-corrected chi connectivity index (χ0v) is 39.0. The fraction of sp³-hybridized carbons (Fsp3) is 0.0256. The summed E-state index contributed by atoms with van der Waals surface area (Å²) in [5, 5.41) is 8.11. The molecule has 6 aromatic carbocycles. The second kappa shape index (κ2) is 27.1. The minimum atomic E-state index is -2.57. The third-order valence-corrected chi connectivity index (χ3v) is 15.7. The minimum Gasteiger partial charge on any atom is -1.00 e. The molecule has 50 heavy (non-hydrogen) atoms. The van der Waals surface area contributed by atoms with Crippen LogP contribution in [0.3, 0.4) is 0 Å². The Bertz CT molecular complexity index is 1550. The Morgan fingerprint density at radius 2 is 0.780 bits per heavy atom. The Labute approximate surface area is 360 Å². The summed E-state index contributed by atoms with van der Waals surface area (Å²) in [6.07, 6.45) is 0.250. The number of hydrogen-bond acceptors (Lipinski definition) is 5. The Hall–Kier alpha value is -2.65. The van der Waals surface area contributed by atoms with Crippen molar-refractivity contribution in [3.05, 3.63) is 182 Å². The summed E-state index contributed by atoms with van der Waals surface area (Å²) in [6.45, 7) is 2.33. The molecule has 0 saturated heterocycles. The minimum absolute atomic E-state index is 0. The van der Waals surface area contributed by atoms with Crippen molar-refractivity contribution < 1.29 is 96.8 Å². The Kier molecular flexibility index (Phi) is 24.6. The van der Waals surface area contributed by atoms with Crippen molar-refractivity contribution >= 4 is 79.4 Å². The van der Waals surface area contributed by atoms with Gasteiger partial charge >= 0.3 is 75.0 Å². The van der Waals surface area contributed by atoms with Crippen molar-refractivity contribution in [2.24, 2.45) is 0 Å². The zero-order valence-electron chi connectivity index (χ0n) is 28.0. The summed E-state index contributed by atoms with van der Waals surface area (Å²) in [6, 6.07) is 64.3. The molecule has 6 rings (SSSR count). The molecule has 0 bridgehead atoms. The largest absolute Gasteiger partial charge is 1.00 e. The van der Waals surface area contributed by atoms with Crippen LogP contribution in [0, 0.1) is 0 Å². The van der Waals surface area contributed by atoms with Gasteiger partial charge in [-0.15, -0.1) is 8.79 Å². The van der Waals surface area contributed by atoms with Gasteiger partial charge in [0.25, 0.3) is 8.32 Å². The van der Waals surface area contributed by atoms with Crippen LogP contribution in [0.2, 0.25) is 0 Å². The van der Waals surface area contributed by atoms with Crippen molar-refractivity contribution in [2.75, 3.05) is 6.79 Å². The van der Waals surface area contributed by atoms with E-state index in [4.69, 9.17) is 23.2 Å². The van der Waals surface area contributed by atoms with Crippen LogP contribution >= 0.6 is 8.79 Å². The van der Waals surface area contributed by atoms with Crippen molar-refractivity contribution in [3.63, 3.8) is 0 Å². The van der Waals surface area contributed by atoms with Gasteiger partial charge in [0.05, 0.1) is 0 Å². The maximum atomic E-state index is 8.12. The van der Waals surface area contributed by atoms with Crippen molar-refractivity contribution in [2.45, 2.75) is 0 Å². The van der Waals surface area contributed by atoms with Crippen LogP contribution in [0.4, 0.5) is 0 Å². The van der Waals surface area contributed by atoms with Crippen LogP contribution in [0.15, 0.2) is 182 Å². The Morgan fingerprint density at radius 1 is 0.540 bits per heavy atom. The average molecular weight is 855 g/mol. The molecule has 6 aromatic rings. The quantitative estimate of drug-likeness (QED) is 0.0476. The molecule has 0 radical (unpaired) electrons. The number of carbonyl (C=O) groups is 1. The van der Waals surface area contributed by atoms with Crippen LogP contribution < -0.4 is 105 Å². The van der Waals surface area contributed by atoms with E-state index in [1.165, 1.54) is 31.1 Å². The predicted octanol–water partition coefficient (Wildman–Crippen LogP) is -3.31. The van der Waals surface area contributed by atoms with Crippen LogP contribution in [-0.4, -0.2) is 46.3 Å². The van der Waals surface area contributed by atoms with E-state index in [0.29, 0.717) is 6.79 Å². The van der Waals surface area contributed by atoms with E-state index in [0.717, 1.165) is 0 Å². The molecule has 1 atom stereocenters.